The van der Waals surface area contributed by atoms with Crippen LogP contribution in [-0.2, 0) is 20.8 Å². The van der Waals surface area contributed by atoms with Gasteiger partial charge in [-0.25, -0.2) is 0 Å². The molecule has 142 valence electrons. The molecule has 3 aromatic rings. The summed E-state index contributed by atoms with van der Waals surface area (Å²) in [5.41, 5.74) is 3.19. The summed E-state index contributed by atoms with van der Waals surface area (Å²) in [6, 6.07) is 24.1. The Balaban J connectivity index is 2.06. The fraction of sp³-hybridized carbons (Fsp3) is 0.130. The number of carbonyl (C=O) groups is 2. The van der Waals surface area contributed by atoms with E-state index in [1.807, 2.05) is 66.7 Å². The smallest absolute Gasteiger partial charge is 0.325 e. The summed E-state index contributed by atoms with van der Waals surface area (Å²) < 4.78 is -1.40. The van der Waals surface area contributed by atoms with E-state index in [0.29, 0.717) is 10.6 Å². The minimum Gasteiger partial charge on any atom is -0.480 e. The average molecular weight is 411 g/mol. The van der Waals surface area contributed by atoms with Gasteiger partial charge in [-0.05, 0) is 22.8 Å². The van der Waals surface area contributed by atoms with Gasteiger partial charge in [0.25, 0.3) is 0 Å². The molecule has 1 atom stereocenters. The number of benzene rings is 3. The lowest BCUT2D eigenvalue weighted by Crippen LogP contribution is -2.36. The Morgan fingerprint density at radius 2 is 1.54 bits per heavy atom. The molecular formula is C23H19ClO3S. The molecule has 0 fully saturated rings. The third kappa shape index (κ3) is 4.29. The fourth-order valence-electron chi connectivity index (χ4n) is 3.18. The van der Waals surface area contributed by atoms with Crippen LogP contribution in [0.15, 0.2) is 78.9 Å². The molecule has 0 radical (unpaired) electrons. The molecule has 28 heavy (non-hydrogen) atoms. The number of carbonyl (C=O) groups excluding carboxylic acids is 1. The van der Waals surface area contributed by atoms with Crippen LogP contribution in [0.2, 0.25) is 5.02 Å². The number of hydrogen-bond acceptors (Lipinski definition) is 3. The van der Waals surface area contributed by atoms with Crippen molar-refractivity contribution in [1.82, 2.24) is 0 Å². The molecule has 0 amide bonds. The summed E-state index contributed by atoms with van der Waals surface area (Å²) in [7, 11) is 0. The predicted molar refractivity (Wildman–Crippen MR) is 115 cm³/mol. The van der Waals surface area contributed by atoms with Crippen LogP contribution in [0.1, 0.15) is 18.1 Å². The number of halogens is 1. The summed E-state index contributed by atoms with van der Waals surface area (Å²) in [4.78, 5) is 24.3. The van der Waals surface area contributed by atoms with E-state index in [-0.39, 0.29) is 11.5 Å². The predicted octanol–water partition coefficient (Wildman–Crippen LogP) is 5.81. The highest BCUT2D eigenvalue weighted by Gasteiger charge is 2.43. The van der Waals surface area contributed by atoms with E-state index in [9.17, 15) is 14.7 Å². The van der Waals surface area contributed by atoms with Gasteiger partial charge >= 0.3 is 5.97 Å². The first-order chi connectivity index (χ1) is 13.4. The largest absolute Gasteiger partial charge is 0.480 e. The Bertz CT molecular complexity index is 986. The zero-order valence-corrected chi connectivity index (χ0v) is 16.8. The molecule has 5 heteroatoms. The highest BCUT2D eigenvalue weighted by atomic mass is 35.5. The molecule has 0 aliphatic rings. The molecule has 0 aliphatic heterocycles. The maximum atomic E-state index is 12.4. The third-order valence-electron chi connectivity index (χ3n) is 4.50. The first-order valence-electron chi connectivity index (χ1n) is 8.75. The monoisotopic (exact) mass is 410 g/mol. The van der Waals surface area contributed by atoms with Crippen LogP contribution in [-0.4, -0.2) is 16.2 Å². The number of carboxylic acids is 1. The van der Waals surface area contributed by atoms with Crippen molar-refractivity contribution < 1.29 is 14.7 Å². The number of thioether (sulfide) groups is 1. The summed E-state index contributed by atoms with van der Waals surface area (Å²) in [6.45, 7) is 1.39. The average Bonchev–Trinajstić information content (AvgIpc) is 2.68. The lowest BCUT2D eigenvalue weighted by Gasteiger charge is -2.28. The van der Waals surface area contributed by atoms with Gasteiger partial charge in [0.1, 0.15) is 4.75 Å². The molecule has 3 aromatic carbocycles. The molecule has 0 aromatic heterocycles. The molecule has 3 nitrogen and oxygen atoms in total. The van der Waals surface area contributed by atoms with Gasteiger partial charge in [-0.3, -0.25) is 9.59 Å². The molecule has 3 rings (SSSR count). The Labute approximate surface area is 173 Å². The van der Waals surface area contributed by atoms with E-state index < -0.39 is 10.7 Å². The molecule has 0 bridgehead atoms. The molecule has 0 spiro atoms. The Hall–Kier alpha value is -2.56. The van der Waals surface area contributed by atoms with Crippen LogP contribution in [0.5, 0.6) is 0 Å². The van der Waals surface area contributed by atoms with Gasteiger partial charge in [0.05, 0.1) is 0 Å². The number of rotatable bonds is 6. The van der Waals surface area contributed by atoms with Gasteiger partial charge in [-0.1, -0.05) is 96.2 Å². The lowest BCUT2D eigenvalue weighted by molar-refractivity contribution is -0.140. The Morgan fingerprint density at radius 1 is 0.929 bits per heavy atom. The lowest BCUT2D eigenvalue weighted by atomic mass is 9.89. The minimum absolute atomic E-state index is 0.207. The van der Waals surface area contributed by atoms with Gasteiger partial charge in [-0.2, -0.15) is 0 Å². The van der Waals surface area contributed by atoms with Crippen LogP contribution < -0.4 is 0 Å². The van der Waals surface area contributed by atoms with E-state index in [2.05, 4.69) is 0 Å². The number of hydrogen-bond donors (Lipinski definition) is 1. The maximum Gasteiger partial charge on any atom is 0.325 e. The van der Waals surface area contributed by atoms with Crippen LogP contribution in [0, 0.1) is 0 Å². The fourth-order valence-corrected chi connectivity index (χ4v) is 4.50. The first-order valence-corrected chi connectivity index (χ1v) is 9.94. The van der Waals surface area contributed by atoms with Crippen molar-refractivity contribution in [3.8, 4) is 11.1 Å². The topological polar surface area (TPSA) is 54.4 Å². The second-order valence-corrected chi connectivity index (χ2v) is 8.33. The Morgan fingerprint density at radius 3 is 2.11 bits per heavy atom. The van der Waals surface area contributed by atoms with Gasteiger partial charge in [-0.15, -0.1) is 0 Å². The molecular weight excluding hydrogens is 392 g/mol. The molecule has 0 saturated heterocycles. The molecule has 1 N–H and O–H groups in total. The summed E-state index contributed by atoms with van der Waals surface area (Å²) >= 11 is 7.12. The quantitative estimate of drug-likeness (QED) is 0.557. The van der Waals surface area contributed by atoms with E-state index >= 15 is 0 Å². The van der Waals surface area contributed by atoms with Crippen LogP contribution in [0.25, 0.3) is 11.1 Å². The van der Waals surface area contributed by atoms with Crippen molar-refractivity contribution in [2.24, 2.45) is 0 Å². The van der Waals surface area contributed by atoms with E-state index in [4.69, 9.17) is 11.6 Å². The van der Waals surface area contributed by atoms with Crippen molar-refractivity contribution in [2.75, 3.05) is 0 Å². The van der Waals surface area contributed by atoms with Gasteiger partial charge < -0.3 is 5.11 Å². The highest BCUT2D eigenvalue weighted by molar-refractivity contribution is 8.14. The zero-order chi connectivity index (χ0) is 20.1. The van der Waals surface area contributed by atoms with Crippen LogP contribution in [0.4, 0.5) is 0 Å². The minimum atomic E-state index is -1.40. The molecule has 0 aliphatic carbocycles. The zero-order valence-electron chi connectivity index (χ0n) is 15.3. The van der Waals surface area contributed by atoms with Gasteiger partial charge in [0, 0.05) is 23.9 Å². The van der Waals surface area contributed by atoms with E-state index in [1.165, 1.54) is 6.92 Å². The SMILES string of the molecule is CC(=O)SC(Cc1ccccc1)(C(=O)O)c1ccc(-c2ccccc2Cl)cc1. The van der Waals surface area contributed by atoms with Crippen LogP contribution >= 0.6 is 23.4 Å². The van der Waals surface area contributed by atoms with Crippen molar-refractivity contribution in [3.63, 3.8) is 0 Å². The van der Waals surface area contributed by atoms with Crippen molar-refractivity contribution in [3.05, 3.63) is 95.0 Å². The van der Waals surface area contributed by atoms with Crippen molar-refractivity contribution in [1.29, 1.82) is 0 Å². The summed E-state index contributed by atoms with van der Waals surface area (Å²) in [5.74, 6) is -1.04. The molecule has 0 heterocycles. The van der Waals surface area contributed by atoms with Gasteiger partial charge in [0.2, 0.25) is 0 Å². The van der Waals surface area contributed by atoms with Gasteiger partial charge in [0.15, 0.2) is 5.12 Å². The number of aliphatic carboxylic acids is 1. The van der Waals surface area contributed by atoms with E-state index in [0.717, 1.165) is 28.5 Å². The van der Waals surface area contributed by atoms with Crippen molar-refractivity contribution >= 4 is 34.4 Å². The molecule has 1 unspecified atom stereocenters. The second-order valence-electron chi connectivity index (χ2n) is 6.45. The first kappa shape index (κ1) is 20.2. The number of carboxylic acid groups (broad SMARTS) is 1. The standard InChI is InChI=1S/C23H19ClO3S/c1-16(25)28-23(22(26)27,15-17-7-3-2-4-8-17)19-13-11-18(12-14-19)20-9-5-6-10-21(20)24/h2-14H,15H2,1H3,(H,26,27). The van der Waals surface area contributed by atoms with Crippen LogP contribution in [0.3, 0.4) is 0 Å². The van der Waals surface area contributed by atoms with Crippen molar-refractivity contribution in [2.45, 2.75) is 18.1 Å². The third-order valence-corrected chi connectivity index (χ3v) is 6.02. The normalized spacial score (nSPS) is 12.9. The molecule has 0 saturated carbocycles. The highest BCUT2D eigenvalue weighted by Crippen LogP contribution is 2.41. The summed E-state index contributed by atoms with van der Waals surface area (Å²) in [6.07, 6.45) is 0.207. The second kappa shape index (κ2) is 8.63. The Kier molecular flexibility index (Phi) is 6.22. The summed E-state index contributed by atoms with van der Waals surface area (Å²) in [5, 5.41) is 10.5. The maximum absolute atomic E-state index is 12.4. The van der Waals surface area contributed by atoms with E-state index in [1.54, 1.807) is 12.1 Å².